The predicted molar refractivity (Wildman–Crippen MR) is 260 cm³/mol. The molecule has 0 atom stereocenters. The maximum Gasteiger partial charge on any atom is 0.0374 e. The summed E-state index contributed by atoms with van der Waals surface area (Å²) in [5.41, 5.74) is 10.0. The van der Waals surface area contributed by atoms with Gasteiger partial charge in [-0.1, -0.05) is 206 Å². The largest absolute Gasteiger partial charge is 0.366 e. The van der Waals surface area contributed by atoms with E-state index in [1.165, 1.54) is 244 Å². The minimum atomic E-state index is 0.136. The Morgan fingerprint density at radius 3 is 0.966 bits per heavy atom. The highest BCUT2D eigenvalue weighted by molar-refractivity contribution is 5.84. The summed E-state index contributed by atoms with van der Waals surface area (Å²) in [4.78, 5) is 6.11. The van der Waals surface area contributed by atoms with Crippen molar-refractivity contribution in [3.63, 3.8) is 0 Å². The molecule has 2 nitrogen and oxygen atoms in total. The van der Waals surface area contributed by atoms with Crippen molar-refractivity contribution < 1.29 is 0 Å². The van der Waals surface area contributed by atoms with Crippen molar-refractivity contribution in [2.75, 3.05) is 9.80 Å². The fourth-order valence-corrected chi connectivity index (χ4v) is 13.5. The van der Waals surface area contributed by atoms with Gasteiger partial charge in [-0.3, -0.25) is 0 Å². The van der Waals surface area contributed by atoms with E-state index in [0.717, 1.165) is 24.2 Å². The van der Waals surface area contributed by atoms with Crippen LogP contribution in [-0.4, -0.2) is 24.2 Å². The zero-order chi connectivity index (χ0) is 40.5. The van der Waals surface area contributed by atoms with Gasteiger partial charge in [-0.05, 0) is 111 Å². The van der Waals surface area contributed by atoms with Gasteiger partial charge in [-0.2, -0.15) is 0 Å². The average Bonchev–Trinajstić information content (AvgIpc) is 3.55. The van der Waals surface area contributed by atoms with Gasteiger partial charge in [-0.25, -0.2) is 0 Å². The second-order valence-electron chi connectivity index (χ2n) is 21.0. The lowest BCUT2D eigenvalue weighted by Crippen LogP contribution is -2.45. The van der Waals surface area contributed by atoms with Crippen molar-refractivity contribution in [1.82, 2.24) is 0 Å². The van der Waals surface area contributed by atoms with Crippen LogP contribution in [0, 0.1) is 0 Å². The van der Waals surface area contributed by atoms with Crippen LogP contribution < -0.4 is 9.80 Å². The molecule has 0 aromatic heterocycles. The molecular formula is C57H92N2. The predicted octanol–water partition coefficient (Wildman–Crippen LogP) is 18.0. The lowest BCUT2D eigenvalue weighted by Gasteiger charge is -2.44. The minimum absolute atomic E-state index is 0.136. The van der Waals surface area contributed by atoms with Gasteiger partial charge in [0.15, 0.2) is 0 Å². The first-order valence-corrected chi connectivity index (χ1v) is 27.1. The second kappa shape index (κ2) is 24.0. The Hall–Kier alpha value is -1.96. The molecule has 59 heavy (non-hydrogen) atoms. The summed E-state index contributed by atoms with van der Waals surface area (Å²) in [5.74, 6) is 0. The zero-order valence-electron chi connectivity index (χ0n) is 39.0. The van der Waals surface area contributed by atoms with Crippen LogP contribution in [0.4, 0.5) is 11.4 Å². The van der Waals surface area contributed by atoms with E-state index in [1.807, 2.05) is 0 Å². The third-order valence-corrected chi connectivity index (χ3v) is 16.7. The Balaban J connectivity index is 1.26. The van der Waals surface area contributed by atoms with Gasteiger partial charge in [0.1, 0.15) is 0 Å². The zero-order valence-corrected chi connectivity index (χ0v) is 39.0. The van der Waals surface area contributed by atoms with Gasteiger partial charge in [0.25, 0.3) is 0 Å². The quantitative estimate of drug-likeness (QED) is 0.0975. The average molecular weight is 805 g/mol. The van der Waals surface area contributed by atoms with E-state index in [1.54, 1.807) is 33.6 Å². The van der Waals surface area contributed by atoms with Crippen molar-refractivity contribution in [3.05, 3.63) is 47.5 Å². The summed E-state index contributed by atoms with van der Waals surface area (Å²) < 4.78 is 0. The van der Waals surface area contributed by atoms with Crippen molar-refractivity contribution in [2.24, 2.45) is 0 Å². The Morgan fingerprint density at radius 2 is 0.661 bits per heavy atom. The minimum Gasteiger partial charge on any atom is -0.366 e. The molecule has 0 aliphatic heterocycles. The first kappa shape index (κ1) is 45.1. The fourth-order valence-electron chi connectivity index (χ4n) is 13.5. The lowest BCUT2D eigenvalue weighted by molar-refractivity contribution is 0.339. The highest BCUT2D eigenvalue weighted by Gasteiger charge is 2.44. The molecule has 0 radical (unpaired) electrons. The molecule has 0 unspecified atom stereocenters. The van der Waals surface area contributed by atoms with E-state index in [0.29, 0.717) is 0 Å². The van der Waals surface area contributed by atoms with Crippen molar-refractivity contribution in [1.29, 1.82) is 0 Å². The molecular weight excluding hydrogens is 713 g/mol. The lowest BCUT2D eigenvalue weighted by atomic mass is 9.70. The van der Waals surface area contributed by atoms with Crippen molar-refractivity contribution in [2.45, 2.75) is 287 Å². The van der Waals surface area contributed by atoms with Crippen LogP contribution in [0.1, 0.15) is 269 Å². The molecule has 0 spiro atoms. The van der Waals surface area contributed by atoms with E-state index >= 15 is 0 Å². The van der Waals surface area contributed by atoms with Crippen LogP contribution in [-0.2, 0) is 5.41 Å². The molecule has 330 valence electrons. The maximum absolute atomic E-state index is 3.05. The summed E-state index contributed by atoms with van der Waals surface area (Å²) >= 11 is 0. The van der Waals surface area contributed by atoms with Crippen LogP contribution in [0.25, 0.3) is 11.1 Å². The molecule has 0 bridgehead atoms. The normalized spacial score (nSPS) is 20.4. The number of hydrogen-bond acceptors (Lipinski definition) is 2. The Kier molecular flexibility index (Phi) is 18.4. The van der Waals surface area contributed by atoms with Crippen LogP contribution in [0.15, 0.2) is 36.4 Å². The monoisotopic (exact) mass is 805 g/mol. The van der Waals surface area contributed by atoms with E-state index in [2.05, 4.69) is 60.0 Å². The van der Waals surface area contributed by atoms with E-state index in [4.69, 9.17) is 0 Å². The SMILES string of the molecule is CCCCCCCCCCC1(CCCCCCCCCC)c2cc(N(C3CCCCC3)C3CCCCC3)ccc2-c2ccc(N(C3CCCCC3)C3CCCCC3)cc21. The van der Waals surface area contributed by atoms with E-state index in [9.17, 15) is 0 Å². The van der Waals surface area contributed by atoms with E-state index < -0.39 is 0 Å². The van der Waals surface area contributed by atoms with Crippen molar-refractivity contribution in [3.8, 4) is 11.1 Å². The second-order valence-corrected chi connectivity index (χ2v) is 21.0. The van der Waals surface area contributed by atoms with Crippen LogP contribution in [0.2, 0.25) is 0 Å². The van der Waals surface area contributed by atoms with Gasteiger partial charge < -0.3 is 9.80 Å². The number of hydrogen-bond donors (Lipinski definition) is 0. The van der Waals surface area contributed by atoms with Crippen molar-refractivity contribution >= 4 is 11.4 Å². The number of nitrogens with zero attached hydrogens (tertiary/aromatic N) is 2. The highest BCUT2D eigenvalue weighted by atomic mass is 15.2. The number of anilines is 2. The third kappa shape index (κ3) is 11.7. The summed E-state index contributed by atoms with van der Waals surface area (Å²) in [7, 11) is 0. The Labute approximate surface area is 365 Å². The maximum atomic E-state index is 3.05. The molecule has 2 aromatic rings. The number of rotatable bonds is 24. The van der Waals surface area contributed by atoms with Crippen LogP contribution in [0.3, 0.4) is 0 Å². The summed E-state index contributed by atoms with van der Waals surface area (Å²) in [6, 6.07) is 19.2. The molecule has 0 amide bonds. The fraction of sp³-hybridized carbons (Fsp3) is 0.789. The van der Waals surface area contributed by atoms with Gasteiger partial charge in [0.2, 0.25) is 0 Å². The third-order valence-electron chi connectivity index (χ3n) is 16.7. The molecule has 0 saturated heterocycles. The molecule has 2 aromatic carbocycles. The van der Waals surface area contributed by atoms with Gasteiger partial charge in [-0.15, -0.1) is 0 Å². The first-order valence-electron chi connectivity index (χ1n) is 27.1. The first-order chi connectivity index (χ1) is 29.2. The van der Waals surface area contributed by atoms with E-state index in [-0.39, 0.29) is 5.41 Å². The Morgan fingerprint density at radius 1 is 0.373 bits per heavy atom. The molecule has 0 N–H and O–H groups in total. The van der Waals surface area contributed by atoms with Crippen LogP contribution >= 0.6 is 0 Å². The molecule has 4 saturated carbocycles. The smallest absolute Gasteiger partial charge is 0.0374 e. The molecule has 0 heterocycles. The number of benzene rings is 2. The highest BCUT2D eigenvalue weighted by Crippen LogP contribution is 2.56. The standard InChI is InChI=1S/C57H92N2/c1-3-5-7-9-11-13-15-29-43-57(44-30-16-14-12-10-8-6-4-2)55-45-51(58(47-31-21-17-22-32-47)48-33-23-18-24-34-48)39-41-53(55)54-42-40-52(46-56(54)57)59(49-35-25-19-26-36-49)50-37-27-20-28-38-50/h39-42,45-50H,3-38,43-44H2,1-2H3. The molecule has 7 rings (SSSR count). The number of unbranched alkanes of at least 4 members (excludes halogenated alkanes) is 14. The van der Waals surface area contributed by atoms with Crippen LogP contribution in [0.5, 0.6) is 0 Å². The van der Waals surface area contributed by atoms with Gasteiger partial charge in [0.05, 0.1) is 0 Å². The molecule has 2 heteroatoms. The van der Waals surface area contributed by atoms with Gasteiger partial charge in [0, 0.05) is 41.0 Å². The summed E-state index contributed by atoms with van der Waals surface area (Å²) in [6.45, 7) is 4.71. The molecule has 5 aliphatic carbocycles. The van der Waals surface area contributed by atoms with Gasteiger partial charge >= 0.3 is 0 Å². The summed E-state index contributed by atoms with van der Waals surface area (Å²) in [6.07, 6.45) is 53.6. The molecule has 4 fully saturated rings. The topological polar surface area (TPSA) is 6.48 Å². The number of fused-ring (bicyclic) bond motifs is 3. The Bertz CT molecular complexity index is 1320. The summed E-state index contributed by atoms with van der Waals surface area (Å²) in [5, 5.41) is 0. The molecule has 5 aliphatic rings.